The van der Waals surface area contributed by atoms with Crippen LogP contribution in [0.3, 0.4) is 0 Å². The summed E-state index contributed by atoms with van der Waals surface area (Å²) in [5, 5.41) is 3.48. The summed E-state index contributed by atoms with van der Waals surface area (Å²) in [7, 11) is 0.788. The standard InChI is InChI=1S/C12H14F3N3O3/c1-7-4-5-16-9(6-7)18-11(10(20)21-3,12(13,14)15)17-8(2)19/h4-6H,1-3H3,(H,16,18)(H,17,19)/t11-/m0/s1. The molecule has 9 heteroatoms. The van der Waals surface area contributed by atoms with Gasteiger partial charge < -0.3 is 15.4 Å². The smallest absolute Gasteiger partial charge is 0.441 e. The number of aryl methyl sites for hydroxylation is 1. The molecule has 6 nitrogen and oxygen atoms in total. The summed E-state index contributed by atoms with van der Waals surface area (Å²) >= 11 is 0. The number of rotatable bonds is 4. The van der Waals surface area contributed by atoms with Gasteiger partial charge in [0, 0.05) is 13.1 Å². The monoisotopic (exact) mass is 305 g/mol. The minimum absolute atomic E-state index is 0.230. The van der Waals surface area contributed by atoms with Crippen molar-refractivity contribution >= 4 is 17.7 Å². The molecule has 0 saturated carbocycles. The number of carbonyl (C=O) groups excluding carboxylic acids is 2. The van der Waals surface area contributed by atoms with Crippen molar-refractivity contribution in [2.75, 3.05) is 12.4 Å². The Kier molecular flexibility index (Phi) is 4.77. The Hall–Kier alpha value is -2.32. The van der Waals surface area contributed by atoms with Gasteiger partial charge in [0.2, 0.25) is 5.91 Å². The molecule has 1 heterocycles. The number of carbonyl (C=O) groups is 2. The number of anilines is 1. The van der Waals surface area contributed by atoms with Crippen LogP contribution >= 0.6 is 0 Å². The van der Waals surface area contributed by atoms with E-state index >= 15 is 0 Å². The average Bonchev–Trinajstić information content (AvgIpc) is 2.35. The van der Waals surface area contributed by atoms with Gasteiger partial charge in [-0.25, -0.2) is 9.78 Å². The van der Waals surface area contributed by atoms with E-state index in [2.05, 4.69) is 9.72 Å². The summed E-state index contributed by atoms with van der Waals surface area (Å²) in [5.74, 6) is -2.99. The van der Waals surface area contributed by atoms with E-state index in [9.17, 15) is 22.8 Å². The molecule has 2 N–H and O–H groups in total. The van der Waals surface area contributed by atoms with Gasteiger partial charge in [0.1, 0.15) is 5.82 Å². The number of nitrogens with one attached hydrogen (secondary N) is 2. The average molecular weight is 305 g/mol. The Labute approximate surface area is 118 Å². The van der Waals surface area contributed by atoms with Crippen molar-refractivity contribution in [2.45, 2.75) is 25.7 Å². The van der Waals surface area contributed by atoms with Gasteiger partial charge in [0.25, 0.3) is 0 Å². The van der Waals surface area contributed by atoms with Gasteiger partial charge in [-0.05, 0) is 24.6 Å². The fourth-order valence-corrected chi connectivity index (χ4v) is 1.60. The number of aromatic nitrogens is 1. The molecule has 1 aromatic rings. The third-order valence-corrected chi connectivity index (χ3v) is 2.51. The molecule has 0 bridgehead atoms. The Bertz CT molecular complexity index is 548. The summed E-state index contributed by atoms with van der Waals surface area (Å²) in [6.07, 6.45) is -3.87. The van der Waals surface area contributed by atoms with E-state index in [1.165, 1.54) is 12.3 Å². The van der Waals surface area contributed by atoms with E-state index < -0.39 is 23.7 Å². The van der Waals surface area contributed by atoms with Crippen LogP contribution in [-0.2, 0) is 14.3 Å². The zero-order valence-corrected chi connectivity index (χ0v) is 11.5. The van der Waals surface area contributed by atoms with Crippen LogP contribution in [0.1, 0.15) is 12.5 Å². The predicted octanol–water partition coefficient (Wildman–Crippen LogP) is 1.37. The highest BCUT2D eigenvalue weighted by Crippen LogP contribution is 2.32. The SMILES string of the molecule is COC(=O)[C@](NC(C)=O)(Nc1cc(C)ccn1)C(F)(F)F. The molecule has 0 aromatic carbocycles. The number of alkyl halides is 3. The second-order valence-electron chi connectivity index (χ2n) is 4.26. The van der Waals surface area contributed by atoms with Crippen LogP contribution in [0.5, 0.6) is 0 Å². The maximum atomic E-state index is 13.4. The Morgan fingerprint density at radius 2 is 1.95 bits per heavy atom. The van der Waals surface area contributed by atoms with Crippen LogP contribution in [0, 0.1) is 6.92 Å². The first kappa shape index (κ1) is 16.7. The topological polar surface area (TPSA) is 80.3 Å². The van der Waals surface area contributed by atoms with Gasteiger partial charge in [-0.15, -0.1) is 0 Å². The van der Waals surface area contributed by atoms with Gasteiger partial charge in [0.15, 0.2) is 0 Å². The Balaban J connectivity index is 3.34. The molecule has 0 aliphatic carbocycles. The second kappa shape index (κ2) is 5.98. The summed E-state index contributed by atoms with van der Waals surface area (Å²) in [6.45, 7) is 2.49. The maximum absolute atomic E-state index is 13.4. The first-order valence-corrected chi connectivity index (χ1v) is 5.77. The third kappa shape index (κ3) is 3.61. The lowest BCUT2D eigenvalue weighted by molar-refractivity contribution is -0.206. The van der Waals surface area contributed by atoms with Gasteiger partial charge in [-0.3, -0.25) is 4.79 Å². The van der Waals surface area contributed by atoms with Crippen molar-refractivity contribution in [3.05, 3.63) is 23.9 Å². The van der Waals surface area contributed by atoms with Gasteiger partial charge >= 0.3 is 17.8 Å². The van der Waals surface area contributed by atoms with Crippen LogP contribution < -0.4 is 10.6 Å². The molecular formula is C12H14F3N3O3. The molecule has 0 fully saturated rings. The number of amides is 1. The number of pyridine rings is 1. The Morgan fingerprint density at radius 1 is 1.33 bits per heavy atom. The number of ether oxygens (including phenoxy) is 1. The van der Waals surface area contributed by atoms with E-state index in [1.807, 2.05) is 5.32 Å². The number of hydrogen-bond acceptors (Lipinski definition) is 5. The molecule has 21 heavy (non-hydrogen) atoms. The molecule has 1 amide bonds. The maximum Gasteiger partial charge on any atom is 0.441 e. The number of hydrogen-bond donors (Lipinski definition) is 2. The van der Waals surface area contributed by atoms with E-state index in [4.69, 9.17) is 0 Å². The lowest BCUT2D eigenvalue weighted by atomic mass is 10.1. The minimum atomic E-state index is -5.14. The highest BCUT2D eigenvalue weighted by Gasteiger charge is 2.63. The first-order chi connectivity index (χ1) is 9.62. The number of halogens is 3. The van der Waals surface area contributed by atoms with E-state index in [-0.39, 0.29) is 5.82 Å². The molecule has 0 unspecified atom stereocenters. The fraction of sp³-hybridized carbons (Fsp3) is 0.417. The van der Waals surface area contributed by atoms with Crippen molar-refractivity contribution in [3.8, 4) is 0 Å². The third-order valence-electron chi connectivity index (χ3n) is 2.51. The number of methoxy groups -OCH3 is 1. The van der Waals surface area contributed by atoms with E-state index in [0.717, 1.165) is 14.0 Å². The predicted molar refractivity (Wildman–Crippen MR) is 67.2 cm³/mol. The largest absolute Gasteiger partial charge is 0.466 e. The van der Waals surface area contributed by atoms with Crippen molar-refractivity contribution in [1.82, 2.24) is 10.3 Å². The lowest BCUT2D eigenvalue weighted by Crippen LogP contribution is -2.69. The van der Waals surface area contributed by atoms with Crippen LogP contribution in [0.15, 0.2) is 18.3 Å². The van der Waals surface area contributed by atoms with E-state index in [0.29, 0.717) is 5.56 Å². The summed E-state index contributed by atoms with van der Waals surface area (Å²) in [4.78, 5) is 26.5. The molecule has 1 atom stereocenters. The van der Waals surface area contributed by atoms with Gasteiger partial charge in [-0.1, -0.05) is 0 Å². The summed E-state index contributed by atoms with van der Waals surface area (Å²) in [5.41, 5.74) is -2.79. The second-order valence-corrected chi connectivity index (χ2v) is 4.26. The number of nitrogens with zero attached hydrogens (tertiary/aromatic N) is 1. The zero-order chi connectivity index (χ0) is 16.3. The van der Waals surface area contributed by atoms with Gasteiger partial charge in [0.05, 0.1) is 7.11 Å². The normalized spacial score (nSPS) is 14.0. The van der Waals surface area contributed by atoms with E-state index in [1.54, 1.807) is 18.3 Å². The molecule has 0 spiro atoms. The lowest BCUT2D eigenvalue weighted by Gasteiger charge is -2.34. The molecule has 1 aromatic heterocycles. The van der Waals surface area contributed by atoms with Crippen LogP contribution in [-0.4, -0.2) is 35.8 Å². The zero-order valence-electron chi connectivity index (χ0n) is 11.5. The van der Waals surface area contributed by atoms with Gasteiger partial charge in [-0.2, -0.15) is 13.2 Å². The molecule has 0 aliphatic heterocycles. The highest BCUT2D eigenvalue weighted by molar-refractivity contribution is 5.90. The summed E-state index contributed by atoms with van der Waals surface area (Å²) in [6, 6.07) is 2.86. The van der Waals surface area contributed by atoms with Crippen molar-refractivity contribution < 1.29 is 27.5 Å². The molecular weight excluding hydrogens is 291 g/mol. The minimum Gasteiger partial charge on any atom is -0.466 e. The molecule has 0 aliphatic rings. The van der Waals surface area contributed by atoms with Crippen LogP contribution in [0.2, 0.25) is 0 Å². The quantitative estimate of drug-likeness (QED) is 0.649. The number of esters is 1. The van der Waals surface area contributed by atoms with Crippen LogP contribution in [0.25, 0.3) is 0 Å². The van der Waals surface area contributed by atoms with Crippen molar-refractivity contribution in [3.63, 3.8) is 0 Å². The summed E-state index contributed by atoms with van der Waals surface area (Å²) < 4.78 is 44.2. The van der Waals surface area contributed by atoms with Crippen molar-refractivity contribution in [1.29, 1.82) is 0 Å². The fourth-order valence-electron chi connectivity index (χ4n) is 1.60. The molecule has 116 valence electrons. The van der Waals surface area contributed by atoms with Crippen LogP contribution in [0.4, 0.5) is 19.0 Å². The first-order valence-electron chi connectivity index (χ1n) is 5.77. The molecule has 0 radical (unpaired) electrons. The molecule has 0 saturated heterocycles. The highest BCUT2D eigenvalue weighted by atomic mass is 19.4. The van der Waals surface area contributed by atoms with Crippen molar-refractivity contribution in [2.24, 2.45) is 0 Å². The Morgan fingerprint density at radius 3 is 2.38 bits per heavy atom. The molecule has 1 rings (SSSR count).